The summed E-state index contributed by atoms with van der Waals surface area (Å²) in [7, 11) is 1.44. The third-order valence-corrected chi connectivity index (χ3v) is 3.18. The van der Waals surface area contributed by atoms with Gasteiger partial charge in [-0.3, -0.25) is 24.2 Å². The van der Waals surface area contributed by atoms with Crippen molar-refractivity contribution in [3.63, 3.8) is 0 Å². The van der Waals surface area contributed by atoms with E-state index in [9.17, 15) is 14.4 Å². The van der Waals surface area contributed by atoms with E-state index in [1.54, 1.807) is 24.3 Å². The molecule has 20 heavy (non-hydrogen) atoms. The number of hydrogen-bond donors (Lipinski definition) is 1. The third-order valence-electron chi connectivity index (χ3n) is 2.94. The standard InChI is InChI=1S/C13H14ClN3O3/c1-16-12(19)7-17(8-13(16)20)6-11(18)15-10-4-2-3-9(14)5-10/h2-5H,6-8H2,1H3,(H,15,18). The Balaban J connectivity index is 1.92. The quantitative estimate of drug-likeness (QED) is 0.828. The molecule has 2 rings (SSSR count). The van der Waals surface area contributed by atoms with Crippen LogP contribution < -0.4 is 5.32 Å². The molecule has 7 heteroatoms. The van der Waals surface area contributed by atoms with Crippen LogP contribution in [0.4, 0.5) is 5.69 Å². The van der Waals surface area contributed by atoms with E-state index in [1.165, 1.54) is 11.9 Å². The van der Waals surface area contributed by atoms with Crippen molar-refractivity contribution in [1.82, 2.24) is 9.80 Å². The number of imide groups is 1. The molecule has 6 nitrogen and oxygen atoms in total. The van der Waals surface area contributed by atoms with E-state index in [0.717, 1.165) is 4.90 Å². The van der Waals surface area contributed by atoms with Crippen molar-refractivity contribution < 1.29 is 14.4 Å². The lowest BCUT2D eigenvalue weighted by molar-refractivity contribution is -0.149. The minimum atomic E-state index is -0.309. The molecule has 1 aliphatic heterocycles. The Morgan fingerprint density at radius 3 is 2.55 bits per heavy atom. The molecule has 1 fully saturated rings. The molecule has 0 aromatic heterocycles. The fourth-order valence-corrected chi connectivity index (χ4v) is 2.06. The first-order chi connectivity index (χ1) is 9.45. The number of anilines is 1. The number of hydrogen-bond acceptors (Lipinski definition) is 4. The van der Waals surface area contributed by atoms with Gasteiger partial charge in [0.1, 0.15) is 0 Å². The molecule has 0 atom stereocenters. The van der Waals surface area contributed by atoms with Crippen molar-refractivity contribution in [2.24, 2.45) is 0 Å². The first-order valence-electron chi connectivity index (χ1n) is 6.03. The summed E-state index contributed by atoms with van der Waals surface area (Å²) in [6.45, 7) is 0.105. The van der Waals surface area contributed by atoms with Crippen LogP contribution in [0.15, 0.2) is 24.3 Å². The maximum Gasteiger partial charge on any atom is 0.243 e. The van der Waals surface area contributed by atoms with Crippen molar-refractivity contribution >= 4 is 35.0 Å². The fourth-order valence-electron chi connectivity index (χ4n) is 1.87. The predicted octanol–water partition coefficient (Wildman–Crippen LogP) is 0.579. The van der Waals surface area contributed by atoms with Gasteiger partial charge < -0.3 is 5.32 Å². The average molecular weight is 296 g/mol. The number of benzene rings is 1. The molecular weight excluding hydrogens is 282 g/mol. The molecule has 0 saturated carbocycles. The van der Waals surface area contributed by atoms with Gasteiger partial charge in [-0.2, -0.15) is 0 Å². The van der Waals surface area contributed by atoms with Crippen LogP contribution in [0.25, 0.3) is 0 Å². The number of carbonyl (C=O) groups excluding carboxylic acids is 3. The van der Waals surface area contributed by atoms with E-state index in [4.69, 9.17) is 11.6 Å². The molecule has 1 aliphatic rings. The van der Waals surface area contributed by atoms with Gasteiger partial charge >= 0.3 is 0 Å². The highest BCUT2D eigenvalue weighted by atomic mass is 35.5. The van der Waals surface area contributed by atoms with E-state index in [2.05, 4.69) is 5.32 Å². The maximum atomic E-state index is 11.9. The lowest BCUT2D eigenvalue weighted by atomic mass is 10.3. The summed E-state index contributed by atoms with van der Waals surface area (Å²) in [6.07, 6.45) is 0. The van der Waals surface area contributed by atoms with Crippen LogP contribution in [0.2, 0.25) is 5.02 Å². The van der Waals surface area contributed by atoms with E-state index in [0.29, 0.717) is 10.7 Å². The lowest BCUT2D eigenvalue weighted by Gasteiger charge is -2.29. The SMILES string of the molecule is CN1C(=O)CN(CC(=O)Nc2cccc(Cl)c2)CC1=O. The zero-order valence-corrected chi connectivity index (χ0v) is 11.7. The molecule has 0 bridgehead atoms. The first kappa shape index (κ1) is 14.5. The number of halogens is 1. The van der Waals surface area contributed by atoms with Crippen molar-refractivity contribution in [2.75, 3.05) is 32.0 Å². The number of likely N-dealkylation sites (N-methyl/N-ethyl adjacent to an activating group) is 1. The second-order valence-corrected chi connectivity index (χ2v) is 4.99. The lowest BCUT2D eigenvalue weighted by Crippen LogP contribution is -2.53. The van der Waals surface area contributed by atoms with Gasteiger partial charge in [-0.25, -0.2) is 0 Å². The molecule has 1 aromatic carbocycles. The molecule has 1 aromatic rings. The van der Waals surface area contributed by atoms with Gasteiger partial charge in [-0.1, -0.05) is 17.7 Å². The van der Waals surface area contributed by atoms with Crippen molar-refractivity contribution in [3.8, 4) is 0 Å². The summed E-state index contributed by atoms with van der Waals surface area (Å²) in [5, 5.41) is 3.19. The molecule has 0 spiro atoms. The Kier molecular flexibility index (Phi) is 4.36. The summed E-state index contributed by atoms with van der Waals surface area (Å²) in [5.41, 5.74) is 0.578. The smallest absolute Gasteiger partial charge is 0.243 e. The molecular formula is C13H14ClN3O3. The van der Waals surface area contributed by atoms with E-state index >= 15 is 0 Å². The summed E-state index contributed by atoms with van der Waals surface area (Å²) in [5.74, 6) is -0.911. The zero-order chi connectivity index (χ0) is 14.7. The molecule has 0 radical (unpaired) electrons. The van der Waals surface area contributed by atoms with E-state index in [-0.39, 0.29) is 37.4 Å². The van der Waals surface area contributed by atoms with Crippen LogP contribution in [0.5, 0.6) is 0 Å². The third kappa shape index (κ3) is 3.55. The number of nitrogens with zero attached hydrogens (tertiary/aromatic N) is 2. The van der Waals surface area contributed by atoms with Gasteiger partial charge in [-0.15, -0.1) is 0 Å². The maximum absolute atomic E-state index is 11.9. The zero-order valence-electron chi connectivity index (χ0n) is 10.9. The van der Waals surface area contributed by atoms with Crippen molar-refractivity contribution in [3.05, 3.63) is 29.3 Å². The largest absolute Gasteiger partial charge is 0.325 e. The summed E-state index contributed by atoms with van der Waals surface area (Å²) in [4.78, 5) is 37.5. The highest BCUT2D eigenvalue weighted by Crippen LogP contribution is 2.14. The van der Waals surface area contributed by atoms with Gasteiger partial charge in [0.25, 0.3) is 0 Å². The summed E-state index contributed by atoms with van der Waals surface area (Å²) in [6, 6.07) is 6.76. The molecule has 3 amide bonds. The number of piperazine rings is 1. The van der Waals surface area contributed by atoms with E-state index < -0.39 is 0 Å². The van der Waals surface area contributed by atoms with Gasteiger partial charge in [0.05, 0.1) is 19.6 Å². The molecule has 0 unspecified atom stereocenters. The second kappa shape index (κ2) is 6.02. The number of amides is 3. The second-order valence-electron chi connectivity index (χ2n) is 4.55. The summed E-state index contributed by atoms with van der Waals surface area (Å²) >= 11 is 5.82. The first-order valence-corrected chi connectivity index (χ1v) is 6.40. The highest BCUT2D eigenvalue weighted by molar-refractivity contribution is 6.30. The highest BCUT2D eigenvalue weighted by Gasteiger charge is 2.28. The number of nitrogens with one attached hydrogen (secondary N) is 1. The van der Waals surface area contributed by atoms with Crippen LogP contribution >= 0.6 is 11.6 Å². The van der Waals surface area contributed by atoms with Gasteiger partial charge in [-0.05, 0) is 18.2 Å². The molecule has 1 heterocycles. The van der Waals surface area contributed by atoms with Crippen LogP contribution in [0.3, 0.4) is 0 Å². The van der Waals surface area contributed by atoms with E-state index in [1.807, 2.05) is 0 Å². The fraction of sp³-hybridized carbons (Fsp3) is 0.308. The molecule has 1 saturated heterocycles. The van der Waals surface area contributed by atoms with Gasteiger partial charge in [0.2, 0.25) is 17.7 Å². The van der Waals surface area contributed by atoms with Crippen LogP contribution in [-0.2, 0) is 14.4 Å². The van der Waals surface area contributed by atoms with Crippen LogP contribution in [0, 0.1) is 0 Å². The molecule has 1 N–H and O–H groups in total. The minimum Gasteiger partial charge on any atom is -0.325 e. The normalized spacial score (nSPS) is 16.4. The monoisotopic (exact) mass is 295 g/mol. The Labute approximate surface area is 121 Å². The van der Waals surface area contributed by atoms with Gasteiger partial charge in [0, 0.05) is 17.8 Å². The van der Waals surface area contributed by atoms with Crippen LogP contribution in [-0.4, -0.2) is 54.2 Å². The number of rotatable bonds is 3. The average Bonchev–Trinajstić information content (AvgIpc) is 2.35. The Morgan fingerprint density at radius 1 is 1.30 bits per heavy atom. The minimum absolute atomic E-state index is 0.0160. The predicted molar refractivity (Wildman–Crippen MR) is 74.3 cm³/mol. The Morgan fingerprint density at radius 2 is 1.95 bits per heavy atom. The Hall–Kier alpha value is -1.92. The number of carbonyl (C=O) groups is 3. The Bertz CT molecular complexity index is 544. The summed E-state index contributed by atoms with van der Waals surface area (Å²) < 4.78 is 0. The van der Waals surface area contributed by atoms with Gasteiger partial charge in [0.15, 0.2) is 0 Å². The topological polar surface area (TPSA) is 69.7 Å². The molecule has 106 valence electrons. The van der Waals surface area contributed by atoms with Crippen molar-refractivity contribution in [1.29, 1.82) is 0 Å². The van der Waals surface area contributed by atoms with Crippen molar-refractivity contribution in [2.45, 2.75) is 0 Å². The van der Waals surface area contributed by atoms with Crippen LogP contribution in [0.1, 0.15) is 0 Å². The molecule has 0 aliphatic carbocycles.